The van der Waals surface area contributed by atoms with Crippen LogP contribution in [0, 0.1) is 6.92 Å². The summed E-state index contributed by atoms with van der Waals surface area (Å²) in [5, 5.41) is 3.25. The van der Waals surface area contributed by atoms with Crippen molar-refractivity contribution in [3.8, 4) is 0 Å². The minimum Gasteiger partial charge on any atom is -0.340 e. The van der Waals surface area contributed by atoms with E-state index in [9.17, 15) is 4.79 Å². The minimum atomic E-state index is -0.0234. The summed E-state index contributed by atoms with van der Waals surface area (Å²) in [7, 11) is 1.87. The van der Waals surface area contributed by atoms with E-state index in [1.54, 1.807) is 23.3 Å². The standard InChI is InChI=1S/C20H22N6O/c1-14-5-3-7-18(23-14)24-19-11-15(8-9-21-19)17-6-4-10-26(17)20(27)16-12-25(2)13-22-16/h3,5,7-9,11-13,17H,4,6,10H2,1-2H3,(H,21,23,24). The second-order valence-electron chi connectivity index (χ2n) is 6.84. The highest BCUT2D eigenvalue weighted by Gasteiger charge is 2.31. The van der Waals surface area contributed by atoms with Crippen LogP contribution in [0.1, 0.15) is 40.6 Å². The van der Waals surface area contributed by atoms with Crippen molar-refractivity contribution in [1.29, 1.82) is 0 Å². The van der Waals surface area contributed by atoms with E-state index in [4.69, 9.17) is 0 Å². The summed E-state index contributed by atoms with van der Waals surface area (Å²) in [5.41, 5.74) is 2.50. The van der Waals surface area contributed by atoms with Gasteiger partial charge in [0.05, 0.1) is 12.4 Å². The molecule has 1 N–H and O–H groups in total. The first-order valence-electron chi connectivity index (χ1n) is 9.06. The number of rotatable bonds is 4. The molecule has 3 aromatic rings. The van der Waals surface area contributed by atoms with Crippen molar-refractivity contribution in [2.45, 2.75) is 25.8 Å². The van der Waals surface area contributed by atoms with E-state index in [1.807, 2.05) is 49.2 Å². The van der Waals surface area contributed by atoms with Crippen LogP contribution in [0.3, 0.4) is 0 Å². The molecule has 1 aliphatic rings. The first kappa shape index (κ1) is 17.2. The van der Waals surface area contributed by atoms with Crippen molar-refractivity contribution in [2.75, 3.05) is 11.9 Å². The van der Waals surface area contributed by atoms with Crippen molar-refractivity contribution in [1.82, 2.24) is 24.4 Å². The molecule has 0 bridgehead atoms. The molecule has 1 amide bonds. The molecule has 4 heterocycles. The highest BCUT2D eigenvalue weighted by atomic mass is 16.2. The van der Waals surface area contributed by atoms with E-state index in [1.165, 1.54) is 0 Å². The maximum absolute atomic E-state index is 12.9. The van der Waals surface area contributed by atoms with Crippen LogP contribution in [-0.2, 0) is 7.05 Å². The summed E-state index contributed by atoms with van der Waals surface area (Å²) in [6.45, 7) is 2.69. The second kappa shape index (κ2) is 7.19. The molecular weight excluding hydrogens is 340 g/mol. The van der Waals surface area contributed by atoms with Gasteiger partial charge in [-0.05, 0) is 49.6 Å². The SMILES string of the molecule is Cc1cccc(Nc2cc(C3CCCN3C(=O)c3cn(C)cn3)ccn2)n1. The summed E-state index contributed by atoms with van der Waals surface area (Å²) in [6.07, 6.45) is 7.11. The fourth-order valence-electron chi connectivity index (χ4n) is 3.49. The van der Waals surface area contributed by atoms with Gasteiger partial charge < -0.3 is 14.8 Å². The minimum absolute atomic E-state index is 0.0234. The van der Waals surface area contributed by atoms with Gasteiger partial charge >= 0.3 is 0 Å². The number of nitrogens with one attached hydrogen (secondary N) is 1. The quantitative estimate of drug-likeness (QED) is 0.771. The molecule has 4 rings (SSSR count). The number of aryl methyl sites for hydroxylation is 2. The van der Waals surface area contributed by atoms with Gasteiger partial charge in [-0.3, -0.25) is 4.79 Å². The molecule has 0 aliphatic carbocycles. The van der Waals surface area contributed by atoms with Gasteiger partial charge in [-0.15, -0.1) is 0 Å². The third kappa shape index (κ3) is 3.67. The van der Waals surface area contributed by atoms with Gasteiger partial charge in [0.25, 0.3) is 5.91 Å². The number of hydrogen-bond donors (Lipinski definition) is 1. The fourth-order valence-corrected chi connectivity index (χ4v) is 3.49. The van der Waals surface area contributed by atoms with Crippen LogP contribution in [0.4, 0.5) is 11.6 Å². The van der Waals surface area contributed by atoms with Gasteiger partial charge in [0.2, 0.25) is 0 Å². The van der Waals surface area contributed by atoms with Crippen LogP contribution in [-0.4, -0.2) is 36.9 Å². The Hall–Kier alpha value is -3.22. The van der Waals surface area contributed by atoms with Crippen LogP contribution in [0.25, 0.3) is 0 Å². The van der Waals surface area contributed by atoms with E-state index >= 15 is 0 Å². The Morgan fingerprint density at radius 3 is 2.89 bits per heavy atom. The predicted molar refractivity (Wildman–Crippen MR) is 103 cm³/mol. The molecule has 1 aliphatic heterocycles. The van der Waals surface area contributed by atoms with E-state index in [-0.39, 0.29) is 11.9 Å². The molecule has 7 nitrogen and oxygen atoms in total. The molecule has 1 fully saturated rings. The van der Waals surface area contributed by atoms with Crippen molar-refractivity contribution in [3.05, 3.63) is 66.0 Å². The van der Waals surface area contributed by atoms with E-state index in [0.29, 0.717) is 5.69 Å². The zero-order valence-corrected chi connectivity index (χ0v) is 15.5. The highest BCUT2D eigenvalue weighted by molar-refractivity contribution is 5.92. The third-order valence-corrected chi connectivity index (χ3v) is 4.75. The number of carbonyl (C=O) groups excluding carboxylic acids is 1. The summed E-state index contributed by atoms with van der Waals surface area (Å²) in [5.74, 6) is 1.46. The van der Waals surface area contributed by atoms with Crippen LogP contribution in [0.15, 0.2) is 49.1 Å². The molecule has 0 spiro atoms. The lowest BCUT2D eigenvalue weighted by molar-refractivity contribution is 0.0730. The van der Waals surface area contributed by atoms with Gasteiger partial charge in [0.15, 0.2) is 0 Å². The fraction of sp³-hybridized carbons (Fsp3) is 0.300. The van der Waals surface area contributed by atoms with Crippen LogP contribution in [0.2, 0.25) is 0 Å². The Morgan fingerprint density at radius 1 is 1.22 bits per heavy atom. The van der Waals surface area contributed by atoms with Crippen molar-refractivity contribution in [2.24, 2.45) is 7.05 Å². The molecule has 138 valence electrons. The van der Waals surface area contributed by atoms with Crippen LogP contribution in [0.5, 0.6) is 0 Å². The lowest BCUT2D eigenvalue weighted by atomic mass is 10.1. The van der Waals surface area contributed by atoms with Crippen LogP contribution < -0.4 is 5.32 Å². The number of hydrogen-bond acceptors (Lipinski definition) is 5. The van der Waals surface area contributed by atoms with Gasteiger partial charge in [0, 0.05) is 31.7 Å². The lowest BCUT2D eigenvalue weighted by Gasteiger charge is -2.24. The molecule has 3 aromatic heterocycles. The molecule has 1 saturated heterocycles. The topological polar surface area (TPSA) is 75.9 Å². The van der Waals surface area contributed by atoms with E-state index in [0.717, 1.165) is 42.3 Å². The highest BCUT2D eigenvalue weighted by Crippen LogP contribution is 2.33. The number of anilines is 2. The first-order valence-corrected chi connectivity index (χ1v) is 9.06. The molecule has 1 atom stereocenters. The molecule has 27 heavy (non-hydrogen) atoms. The number of imidazole rings is 1. The van der Waals surface area contributed by atoms with Crippen molar-refractivity contribution >= 4 is 17.5 Å². The van der Waals surface area contributed by atoms with Gasteiger partial charge in [-0.1, -0.05) is 6.07 Å². The Kier molecular flexibility index (Phi) is 4.58. The lowest BCUT2D eigenvalue weighted by Crippen LogP contribution is -2.30. The zero-order chi connectivity index (χ0) is 18.8. The molecule has 0 saturated carbocycles. The second-order valence-corrected chi connectivity index (χ2v) is 6.84. The number of amides is 1. The summed E-state index contributed by atoms with van der Waals surface area (Å²) < 4.78 is 1.79. The molecule has 7 heteroatoms. The number of nitrogens with zero attached hydrogens (tertiary/aromatic N) is 5. The number of likely N-dealkylation sites (tertiary alicyclic amines) is 1. The zero-order valence-electron chi connectivity index (χ0n) is 15.5. The molecular formula is C20H22N6O. The maximum atomic E-state index is 12.9. The van der Waals surface area contributed by atoms with E-state index < -0.39 is 0 Å². The Morgan fingerprint density at radius 2 is 2.11 bits per heavy atom. The van der Waals surface area contributed by atoms with Gasteiger partial charge in [-0.2, -0.15) is 0 Å². The largest absolute Gasteiger partial charge is 0.340 e. The molecule has 0 radical (unpaired) electrons. The Balaban J connectivity index is 1.56. The smallest absolute Gasteiger partial charge is 0.274 e. The number of pyridine rings is 2. The Labute approximate surface area is 158 Å². The Bertz CT molecular complexity index is 966. The molecule has 1 unspecified atom stereocenters. The monoisotopic (exact) mass is 362 g/mol. The summed E-state index contributed by atoms with van der Waals surface area (Å²) in [4.78, 5) is 27.8. The van der Waals surface area contributed by atoms with Crippen molar-refractivity contribution < 1.29 is 4.79 Å². The third-order valence-electron chi connectivity index (χ3n) is 4.75. The predicted octanol–water partition coefficient (Wildman–Crippen LogP) is 3.24. The van der Waals surface area contributed by atoms with Gasteiger partial charge in [0.1, 0.15) is 17.3 Å². The summed E-state index contributed by atoms with van der Waals surface area (Å²) >= 11 is 0. The number of aromatic nitrogens is 4. The summed E-state index contributed by atoms with van der Waals surface area (Å²) in [6, 6.07) is 9.83. The van der Waals surface area contributed by atoms with Crippen molar-refractivity contribution in [3.63, 3.8) is 0 Å². The average molecular weight is 362 g/mol. The average Bonchev–Trinajstić information content (AvgIpc) is 3.30. The normalized spacial score (nSPS) is 16.5. The van der Waals surface area contributed by atoms with Crippen LogP contribution >= 0.6 is 0 Å². The molecule has 0 aromatic carbocycles. The maximum Gasteiger partial charge on any atom is 0.274 e. The first-order chi connectivity index (χ1) is 13.1. The number of carbonyl (C=O) groups is 1. The van der Waals surface area contributed by atoms with Gasteiger partial charge in [-0.25, -0.2) is 15.0 Å². The van der Waals surface area contributed by atoms with E-state index in [2.05, 4.69) is 20.3 Å².